The normalized spacial score (nSPS) is 10.8. The van der Waals surface area contributed by atoms with Gasteiger partial charge >= 0.3 is 0 Å². The zero-order valence-electron chi connectivity index (χ0n) is 9.79. The van der Waals surface area contributed by atoms with Crippen molar-refractivity contribution in [3.05, 3.63) is 40.0 Å². The molecule has 0 saturated carbocycles. The van der Waals surface area contributed by atoms with Crippen LogP contribution in [0, 0.1) is 6.92 Å². The van der Waals surface area contributed by atoms with Crippen LogP contribution in [0.25, 0.3) is 11.3 Å². The average Bonchev–Trinajstić information content (AvgIpc) is 2.55. The van der Waals surface area contributed by atoms with Crippen LogP contribution in [0.5, 0.6) is 0 Å². The first kappa shape index (κ1) is 11.4. The molecule has 2 nitrogen and oxygen atoms in total. The third-order valence-corrected chi connectivity index (χ3v) is 3.62. The fourth-order valence-corrected chi connectivity index (χ4v) is 2.74. The average molecular weight is 279 g/mol. The largest absolute Gasteiger partial charge is 0.266 e. The summed E-state index contributed by atoms with van der Waals surface area (Å²) in [5, 5.41) is 4.52. The van der Waals surface area contributed by atoms with Gasteiger partial charge in [0.1, 0.15) is 0 Å². The predicted octanol–water partition coefficient (Wildman–Crippen LogP) is 3.72. The lowest BCUT2D eigenvalue weighted by Crippen LogP contribution is -1.95. The third kappa shape index (κ3) is 1.80. The number of benzene rings is 1. The highest BCUT2D eigenvalue weighted by atomic mass is 79.9. The van der Waals surface area contributed by atoms with Crippen LogP contribution in [0.1, 0.15) is 18.2 Å². The van der Waals surface area contributed by atoms with Gasteiger partial charge in [0.25, 0.3) is 0 Å². The summed E-state index contributed by atoms with van der Waals surface area (Å²) in [5.41, 5.74) is 4.79. The molecule has 2 aromatic rings. The van der Waals surface area contributed by atoms with E-state index in [-0.39, 0.29) is 0 Å². The minimum absolute atomic E-state index is 0.945. The fraction of sp³-hybridized carbons (Fsp3) is 0.308. The van der Waals surface area contributed by atoms with E-state index >= 15 is 0 Å². The van der Waals surface area contributed by atoms with Gasteiger partial charge in [0.05, 0.1) is 15.9 Å². The molecule has 16 heavy (non-hydrogen) atoms. The maximum atomic E-state index is 4.52. The molecule has 0 N–H and O–H groups in total. The lowest BCUT2D eigenvalue weighted by atomic mass is 10.1. The Hall–Kier alpha value is -1.09. The molecular weight excluding hydrogens is 264 g/mol. The smallest absolute Gasteiger partial charge is 0.0826 e. The summed E-state index contributed by atoms with van der Waals surface area (Å²) in [5.74, 6) is 0. The highest BCUT2D eigenvalue weighted by Crippen LogP contribution is 2.32. The highest BCUT2D eigenvalue weighted by molar-refractivity contribution is 9.10. The van der Waals surface area contributed by atoms with Gasteiger partial charge in [-0.25, -0.2) is 0 Å². The molecular formula is C13H15BrN2. The van der Waals surface area contributed by atoms with Crippen molar-refractivity contribution in [1.82, 2.24) is 9.78 Å². The summed E-state index contributed by atoms with van der Waals surface area (Å²) in [4.78, 5) is 0. The first-order valence-corrected chi connectivity index (χ1v) is 6.21. The topological polar surface area (TPSA) is 17.8 Å². The van der Waals surface area contributed by atoms with Crippen molar-refractivity contribution in [2.45, 2.75) is 20.3 Å². The number of aromatic nitrogens is 2. The van der Waals surface area contributed by atoms with E-state index in [0.717, 1.165) is 22.3 Å². The number of hydrogen-bond donors (Lipinski definition) is 0. The summed E-state index contributed by atoms with van der Waals surface area (Å²) in [6, 6.07) is 8.38. The molecule has 0 aliphatic heterocycles. The highest BCUT2D eigenvalue weighted by Gasteiger charge is 2.15. The SMILES string of the molecule is CCc1nn(C)c(-c2ccccc2C)c1Br. The Balaban J connectivity index is 2.65. The molecule has 84 valence electrons. The Bertz CT molecular complexity index is 515. The van der Waals surface area contributed by atoms with Gasteiger partial charge in [0.15, 0.2) is 0 Å². The van der Waals surface area contributed by atoms with Gasteiger partial charge < -0.3 is 0 Å². The second-order valence-corrected chi connectivity index (χ2v) is 4.69. The molecule has 1 aromatic heterocycles. The van der Waals surface area contributed by atoms with E-state index in [9.17, 15) is 0 Å². The molecule has 1 heterocycles. The van der Waals surface area contributed by atoms with Crippen LogP contribution in [0.15, 0.2) is 28.7 Å². The summed E-state index contributed by atoms with van der Waals surface area (Å²) in [6.45, 7) is 4.25. The zero-order chi connectivity index (χ0) is 11.7. The Labute approximate surface area is 104 Å². The number of rotatable bonds is 2. The van der Waals surface area contributed by atoms with Crippen molar-refractivity contribution in [3.63, 3.8) is 0 Å². The van der Waals surface area contributed by atoms with Crippen molar-refractivity contribution in [2.24, 2.45) is 7.05 Å². The number of hydrogen-bond acceptors (Lipinski definition) is 1. The molecule has 0 fully saturated rings. The van der Waals surface area contributed by atoms with Crippen LogP contribution in [-0.4, -0.2) is 9.78 Å². The summed E-state index contributed by atoms with van der Waals surface area (Å²) in [6.07, 6.45) is 0.945. The Morgan fingerprint density at radius 3 is 2.56 bits per heavy atom. The minimum atomic E-state index is 0.945. The van der Waals surface area contributed by atoms with Crippen LogP contribution in [-0.2, 0) is 13.5 Å². The van der Waals surface area contributed by atoms with E-state index in [0.29, 0.717) is 0 Å². The molecule has 0 atom stereocenters. The lowest BCUT2D eigenvalue weighted by molar-refractivity contribution is 0.752. The first-order valence-electron chi connectivity index (χ1n) is 5.42. The van der Waals surface area contributed by atoms with Gasteiger partial charge in [-0.05, 0) is 34.8 Å². The third-order valence-electron chi connectivity index (χ3n) is 2.79. The molecule has 3 heteroatoms. The van der Waals surface area contributed by atoms with Gasteiger partial charge in [0, 0.05) is 12.6 Å². The monoisotopic (exact) mass is 278 g/mol. The van der Waals surface area contributed by atoms with E-state index in [1.165, 1.54) is 11.1 Å². The molecule has 0 aliphatic carbocycles. The van der Waals surface area contributed by atoms with Gasteiger partial charge in [-0.15, -0.1) is 0 Å². The fourth-order valence-electron chi connectivity index (χ4n) is 1.91. The van der Waals surface area contributed by atoms with E-state index < -0.39 is 0 Å². The maximum Gasteiger partial charge on any atom is 0.0826 e. The van der Waals surface area contributed by atoms with Gasteiger partial charge in [0.2, 0.25) is 0 Å². The molecule has 0 radical (unpaired) electrons. The van der Waals surface area contributed by atoms with Crippen LogP contribution in [0.4, 0.5) is 0 Å². The molecule has 0 unspecified atom stereocenters. The van der Waals surface area contributed by atoms with Crippen molar-refractivity contribution in [2.75, 3.05) is 0 Å². The van der Waals surface area contributed by atoms with Crippen LogP contribution in [0.3, 0.4) is 0 Å². The number of nitrogens with zero attached hydrogens (tertiary/aromatic N) is 2. The zero-order valence-corrected chi connectivity index (χ0v) is 11.4. The number of aryl methyl sites for hydroxylation is 3. The Morgan fingerprint density at radius 2 is 2.00 bits per heavy atom. The van der Waals surface area contributed by atoms with Crippen molar-refractivity contribution in [3.8, 4) is 11.3 Å². The molecule has 2 rings (SSSR count). The van der Waals surface area contributed by atoms with Crippen molar-refractivity contribution < 1.29 is 0 Å². The number of halogens is 1. The van der Waals surface area contributed by atoms with E-state index in [2.05, 4.69) is 59.1 Å². The van der Waals surface area contributed by atoms with Gasteiger partial charge in [-0.3, -0.25) is 4.68 Å². The molecule has 0 aliphatic rings. The van der Waals surface area contributed by atoms with Crippen molar-refractivity contribution in [1.29, 1.82) is 0 Å². The van der Waals surface area contributed by atoms with E-state index in [1.54, 1.807) is 0 Å². The maximum absolute atomic E-state index is 4.52. The molecule has 0 saturated heterocycles. The molecule has 1 aromatic carbocycles. The van der Waals surface area contributed by atoms with Crippen LogP contribution >= 0.6 is 15.9 Å². The van der Waals surface area contributed by atoms with Crippen molar-refractivity contribution >= 4 is 15.9 Å². The second kappa shape index (κ2) is 4.42. The molecule has 0 bridgehead atoms. The van der Waals surface area contributed by atoms with Crippen LogP contribution < -0.4 is 0 Å². The molecule has 0 amide bonds. The molecule has 0 spiro atoms. The van der Waals surface area contributed by atoms with E-state index in [4.69, 9.17) is 0 Å². The van der Waals surface area contributed by atoms with Gasteiger partial charge in [-0.2, -0.15) is 5.10 Å². The summed E-state index contributed by atoms with van der Waals surface area (Å²) in [7, 11) is 1.99. The summed E-state index contributed by atoms with van der Waals surface area (Å²) < 4.78 is 3.07. The lowest BCUT2D eigenvalue weighted by Gasteiger charge is -2.06. The van der Waals surface area contributed by atoms with E-state index in [1.807, 2.05) is 11.7 Å². The quantitative estimate of drug-likeness (QED) is 0.819. The summed E-state index contributed by atoms with van der Waals surface area (Å²) >= 11 is 3.65. The second-order valence-electron chi connectivity index (χ2n) is 3.90. The standard InChI is InChI=1S/C13H15BrN2/c1-4-11-12(14)13(16(3)15-11)10-8-6-5-7-9(10)2/h5-8H,4H2,1-3H3. The Morgan fingerprint density at radius 1 is 1.31 bits per heavy atom. The predicted molar refractivity (Wildman–Crippen MR) is 70.5 cm³/mol. The van der Waals surface area contributed by atoms with Crippen LogP contribution in [0.2, 0.25) is 0 Å². The Kier molecular flexibility index (Phi) is 3.15. The van der Waals surface area contributed by atoms with Gasteiger partial charge in [-0.1, -0.05) is 31.2 Å². The minimum Gasteiger partial charge on any atom is -0.266 e. The first-order chi connectivity index (χ1) is 7.65.